The maximum atomic E-state index is 11.9. The third-order valence-electron chi connectivity index (χ3n) is 3.13. The molecule has 19 heavy (non-hydrogen) atoms. The minimum atomic E-state index is -0.808. The molecule has 0 saturated carbocycles. The van der Waals surface area contributed by atoms with Crippen molar-refractivity contribution in [1.82, 2.24) is 15.0 Å². The molecule has 0 bridgehead atoms. The number of aromatic amines is 1. The van der Waals surface area contributed by atoms with Gasteiger partial charge >= 0.3 is 5.97 Å². The molecule has 2 atom stereocenters. The largest absolute Gasteiger partial charge is 0.480 e. The van der Waals surface area contributed by atoms with Crippen LogP contribution in [0.4, 0.5) is 0 Å². The van der Waals surface area contributed by atoms with Crippen molar-refractivity contribution in [3.63, 3.8) is 0 Å². The van der Waals surface area contributed by atoms with Gasteiger partial charge in [-0.15, -0.1) is 11.8 Å². The van der Waals surface area contributed by atoms with E-state index in [0.29, 0.717) is 29.6 Å². The van der Waals surface area contributed by atoms with Crippen LogP contribution in [-0.4, -0.2) is 31.3 Å². The van der Waals surface area contributed by atoms with Gasteiger partial charge in [-0.1, -0.05) is 0 Å². The van der Waals surface area contributed by atoms with Crippen molar-refractivity contribution in [2.45, 2.75) is 23.3 Å². The van der Waals surface area contributed by atoms with Gasteiger partial charge in [0.1, 0.15) is 11.1 Å². The third-order valence-corrected chi connectivity index (χ3v) is 4.68. The Kier molecular flexibility index (Phi) is 2.98. The molecular formula is C12H11N3O3S. The van der Waals surface area contributed by atoms with Crippen LogP contribution in [0.5, 0.6) is 0 Å². The van der Waals surface area contributed by atoms with Gasteiger partial charge in [0.2, 0.25) is 0 Å². The highest BCUT2D eigenvalue weighted by Crippen LogP contribution is 2.43. The SMILES string of the molecule is O=C(O)[C@H]1CC[C@H](c2nc3cnccc3c(=O)[nH]2)S1. The lowest BCUT2D eigenvalue weighted by atomic mass is 10.2. The highest BCUT2D eigenvalue weighted by molar-refractivity contribution is 8.01. The first-order valence-corrected chi connectivity index (χ1v) is 6.81. The molecule has 0 unspecified atom stereocenters. The Morgan fingerprint density at radius 3 is 3.05 bits per heavy atom. The number of aliphatic carboxylic acids is 1. The van der Waals surface area contributed by atoms with Gasteiger partial charge in [-0.05, 0) is 18.9 Å². The summed E-state index contributed by atoms with van der Waals surface area (Å²) in [5, 5.41) is 8.99. The summed E-state index contributed by atoms with van der Waals surface area (Å²) in [6, 6.07) is 1.62. The lowest BCUT2D eigenvalue weighted by Gasteiger charge is -2.09. The minimum Gasteiger partial charge on any atom is -0.480 e. The summed E-state index contributed by atoms with van der Waals surface area (Å²) in [5.41, 5.74) is 0.336. The van der Waals surface area contributed by atoms with E-state index in [1.54, 1.807) is 18.5 Å². The number of pyridine rings is 1. The summed E-state index contributed by atoms with van der Waals surface area (Å²) in [7, 11) is 0. The molecule has 0 aliphatic carbocycles. The monoisotopic (exact) mass is 277 g/mol. The number of carbonyl (C=O) groups is 1. The molecule has 7 heteroatoms. The van der Waals surface area contributed by atoms with Crippen LogP contribution in [0.1, 0.15) is 23.9 Å². The van der Waals surface area contributed by atoms with E-state index in [9.17, 15) is 9.59 Å². The molecule has 0 aromatic carbocycles. The minimum absolute atomic E-state index is 0.0709. The lowest BCUT2D eigenvalue weighted by Crippen LogP contribution is -2.14. The number of H-pyrrole nitrogens is 1. The quantitative estimate of drug-likeness (QED) is 0.860. The smallest absolute Gasteiger partial charge is 0.316 e. The van der Waals surface area contributed by atoms with Gasteiger partial charge in [0.15, 0.2) is 0 Å². The van der Waals surface area contributed by atoms with Gasteiger partial charge in [0, 0.05) is 6.20 Å². The van der Waals surface area contributed by atoms with E-state index in [-0.39, 0.29) is 10.8 Å². The highest BCUT2D eigenvalue weighted by Gasteiger charge is 2.32. The van der Waals surface area contributed by atoms with Crippen LogP contribution in [0.25, 0.3) is 10.9 Å². The Bertz CT molecular complexity index is 700. The summed E-state index contributed by atoms with van der Waals surface area (Å²) in [4.78, 5) is 33.9. The number of hydrogen-bond acceptors (Lipinski definition) is 5. The zero-order valence-corrected chi connectivity index (χ0v) is 10.7. The first-order chi connectivity index (χ1) is 9.15. The van der Waals surface area contributed by atoms with Crippen molar-refractivity contribution in [3.05, 3.63) is 34.6 Å². The number of fused-ring (bicyclic) bond motifs is 1. The van der Waals surface area contributed by atoms with Crippen LogP contribution in [-0.2, 0) is 4.79 Å². The molecule has 1 aliphatic rings. The van der Waals surface area contributed by atoms with Crippen LogP contribution in [0.15, 0.2) is 23.3 Å². The number of hydrogen-bond donors (Lipinski definition) is 2. The number of aromatic nitrogens is 3. The fourth-order valence-electron chi connectivity index (χ4n) is 2.18. The maximum absolute atomic E-state index is 11.9. The average molecular weight is 277 g/mol. The van der Waals surface area contributed by atoms with Gasteiger partial charge in [0.05, 0.1) is 22.3 Å². The second-order valence-corrected chi connectivity index (χ2v) is 5.78. The molecule has 2 aromatic heterocycles. The number of carboxylic acids is 1. The Balaban J connectivity index is 1.98. The number of rotatable bonds is 2. The normalized spacial score (nSPS) is 22.7. The Morgan fingerprint density at radius 1 is 1.47 bits per heavy atom. The molecule has 3 heterocycles. The molecule has 2 aromatic rings. The van der Waals surface area contributed by atoms with Crippen LogP contribution >= 0.6 is 11.8 Å². The van der Waals surface area contributed by atoms with E-state index in [1.165, 1.54) is 11.8 Å². The van der Waals surface area contributed by atoms with Crippen LogP contribution < -0.4 is 5.56 Å². The Morgan fingerprint density at radius 2 is 2.32 bits per heavy atom. The summed E-state index contributed by atoms with van der Waals surface area (Å²) >= 11 is 1.34. The standard InChI is InChI=1S/C12H11N3O3S/c16-11-6-3-4-13-5-7(6)14-10(15-11)8-1-2-9(19-8)12(17)18/h3-5,8-9H,1-2H2,(H,17,18)(H,14,15,16)/t8-,9-/m1/s1. The van der Waals surface area contributed by atoms with E-state index < -0.39 is 11.2 Å². The van der Waals surface area contributed by atoms with Crippen LogP contribution in [0.3, 0.4) is 0 Å². The topological polar surface area (TPSA) is 95.9 Å². The van der Waals surface area contributed by atoms with Crippen molar-refractivity contribution in [2.24, 2.45) is 0 Å². The second kappa shape index (κ2) is 4.65. The summed E-state index contributed by atoms with van der Waals surface area (Å²) in [6.07, 6.45) is 4.39. The number of nitrogens with one attached hydrogen (secondary N) is 1. The lowest BCUT2D eigenvalue weighted by molar-refractivity contribution is -0.136. The van der Waals surface area contributed by atoms with Gasteiger partial charge in [-0.25, -0.2) is 4.98 Å². The van der Waals surface area contributed by atoms with E-state index in [0.717, 1.165) is 0 Å². The van der Waals surface area contributed by atoms with Crippen LogP contribution in [0, 0.1) is 0 Å². The summed E-state index contributed by atoms with van der Waals surface area (Å²) < 4.78 is 0. The van der Waals surface area contributed by atoms with E-state index in [2.05, 4.69) is 15.0 Å². The molecule has 98 valence electrons. The fraction of sp³-hybridized carbons (Fsp3) is 0.333. The molecule has 0 amide bonds. The number of thioether (sulfide) groups is 1. The highest BCUT2D eigenvalue weighted by atomic mass is 32.2. The molecule has 2 N–H and O–H groups in total. The van der Waals surface area contributed by atoms with Crippen molar-refractivity contribution in [1.29, 1.82) is 0 Å². The molecule has 3 rings (SSSR count). The fourth-order valence-corrected chi connectivity index (χ4v) is 3.48. The van der Waals surface area contributed by atoms with E-state index >= 15 is 0 Å². The van der Waals surface area contributed by atoms with Gasteiger partial charge in [0.25, 0.3) is 5.56 Å². The third kappa shape index (κ3) is 2.21. The van der Waals surface area contributed by atoms with Crippen LogP contribution in [0.2, 0.25) is 0 Å². The van der Waals surface area contributed by atoms with Gasteiger partial charge in [-0.2, -0.15) is 0 Å². The molecular weight excluding hydrogens is 266 g/mol. The Hall–Kier alpha value is -1.89. The van der Waals surface area contributed by atoms with Crippen molar-refractivity contribution in [2.75, 3.05) is 0 Å². The molecule has 1 saturated heterocycles. The molecule has 6 nitrogen and oxygen atoms in total. The number of nitrogens with zero attached hydrogens (tertiary/aromatic N) is 2. The summed E-state index contributed by atoms with van der Waals surface area (Å²) in [6.45, 7) is 0. The molecule has 1 fully saturated rings. The molecule has 0 radical (unpaired) electrons. The zero-order chi connectivity index (χ0) is 13.4. The number of carboxylic acid groups (broad SMARTS) is 1. The summed E-state index contributed by atoms with van der Waals surface area (Å²) in [5.74, 6) is -0.267. The van der Waals surface area contributed by atoms with Crippen molar-refractivity contribution < 1.29 is 9.90 Å². The van der Waals surface area contributed by atoms with Gasteiger partial charge in [-0.3, -0.25) is 14.6 Å². The van der Waals surface area contributed by atoms with E-state index in [4.69, 9.17) is 5.11 Å². The zero-order valence-electron chi connectivity index (χ0n) is 9.87. The second-order valence-electron chi connectivity index (χ2n) is 4.37. The van der Waals surface area contributed by atoms with Crippen molar-refractivity contribution >= 4 is 28.6 Å². The first kappa shape index (κ1) is 12.2. The maximum Gasteiger partial charge on any atom is 0.316 e. The predicted molar refractivity (Wildman–Crippen MR) is 71.1 cm³/mol. The van der Waals surface area contributed by atoms with Crippen molar-refractivity contribution in [3.8, 4) is 0 Å². The van der Waals surface area contributed by atoms with E-state index in [1.807, 2.05) is 0 Å². The predicted octanol–water partition coefficient (Wildman–Crippen LogP) is 1.34. The first-order valence-electron chi connectivity index (χ1n) is 5.87. The average Bonchev–Trinajstić information content (AvgIpc) is 2.88. The Labute approximate surface area is 112 Å². The van der Waals surface area contributed by atoms with Gasteiger partial charge < -0.3 is 10.1 Å². The molecule has 0 spiro atoms. The molecule has 1 aliphatic heterocycles.